The molecule has 2 amide bonds. The first-order chi connectivity index (χ1) is 26.0. The molecule has 4 aromatic carbocycles. The highest BCUT2D eigenvalue weighted by Gasteiger charge is 2.34. The number of amides is 2. The van der Waals surface area contributed by atoms with Crippen LogP contribution in [0.15, 0.2) is 103 Å². The average molecular weight is 782 g/mol. The molecule has 12 heteroatoms. The summed E-state index contributed by atoms with van der Waals surface area (Å²) in [4.78, 5) is 37.6. The second kappa shape index (κ2) is 15.5. The maximum Gasteiger partial charge on any atom is 0.264 e. The molecule has 4 heterocycles. The number of carbonyl (C=O) groups excluding carboxylic acids is 2. The van der Waals surface area contributed by atoms with Crippen LogP contribution in [0.3, 0.4) is 0 Å². The van der Waals surface area contributed by atoms with Crippen LogP contribution in [-0.2, 0) is 20.0 Å². The van der Waals surface area contributed by atoms with Gasteiger partial charge in [0.15, 0.2) is 0 Å². The van der Waals surface area contributed by atoms with E-state index < -0.39 is 5.82 Å². The van der Waals surface area contributed by atoms with Crippen molar-refractivity contribution in [1.29, 1.82) is 0 Å². The summed E-state index contributed by atoms with van der Waals surface area (Å²) < 4.78 is 19.2. The molecular formula is C43H43Cl2FN6O3. The van der Waals surface area contributed by atoms with Crippen LogP contribution >= 0.6 is 24.0 Å². The monoisotopic (exact) mass is 780 g/mol. The maximum atomic E-state index is 15.4. The summed E-state index contributed by atoms with van der Waals surface area (Å²) in [5.41, 5.74) is 6.10. The minimum atomic E-state index is -0.687. The fraction of sp³-hybridized carbons (Fsp3) is 0.256. The molecule has 2 aliphatic rings. The molecule has 0 bridgehead atoms. The Balaban J connectivity index is 0.00000465. The number of fused-ring (bicyclic) bond motifs is 2. The number of benzene rings is 4. The van der Waals surface area contributed by atoms with Crippen LogP contribution in [0.5, 0.6) is 5.75 Å². The Morgan fingerprint density at radius 2 is 1.60 bits per heavy atom. The lowest BCUT2D eigenvalue weighted by molar-refractivity contribution is 0.0535. The normalized spacial score (nSPS) is 16.2. The molecule has 9 nitrogen and oxygen atoms in total. The number of aromatic hydroxyl groups is 1. The lowest BCUT2D eigenvalue weighted by Crippen LogP contribution is -2.53. The largest absolute Gasteiger partial charge is 0.508 e. The Labute approximate surface area is 331 Å². The molecule has 6 aromatic rings. The van der Waals surface area contributed by atoms with Gasteiger partial charge < -0.3 is 24.0 Å². The Morgan fingerprint density at radius 1 is 0.891 bits per heavy atom. The number of phenolic OH excluding ortho intramolecular Hbond substituents is 1. The van der Waals surface area contributed by atoms with Gasteiger partial charge in [-0.15, -0.1) is 12.4 Å². The minimum absolute atomic E-state index is 0. The van der Waals surface area contributed by atoms with Gasteiger partial charge in [0.2, 0.25) is 0 Å². The third-order valence-electron chi connectivity index (χ3n) is 10.9. The predicted molar refractivity (Wildman–Crippen MR) is 218 cm³/mol. The molecule has 8 rings (SSSR count). The van der Waals surface area contributed by atoms with E-state index in [2.05, 4.69) is 29.0 Å². The Kier molecular flexibility index (Phi) is 10.8. The van der Waals surface area contributed by atoms with Gasteiger partial charge in [0.05, 0.1) is 21.8 Å². The van der Waals surface area contributed by atoms with Crippen LogP contribution in [0.2, 0.25) is 5.02 Å². The van der Waals surface area contributed by atoms with E-state index in [0.717, 1.165) is 42.6 Å². The summed E-state index contributed by atoms with van der Waals surface area (Å²) in [7, 11) is 4.09. The number of phenols is 1. The number of aryl methyl sites for hydroxylation is 2. The molecule has 1 N–H and O–H groups in total. The fourth-order valence-corrected chi connectivity index (χ4v) is 8.01. The summed E-state index contributed by atoms with van der Waals surface area (Å²) in [6.07, 6.45) is 4.34. The fourth-order valence-electron chi connectivity index (χ4n) is 7.85. The molecule has 0 unspecified atom stereocenters. The predicted octanol–water partition coefficient (Wildman–Crippen LogP) is 7.99. The highest BCUT2D eigenvalue weighted by molar-refractivity contribution is 6.31. The SMILES string of the molecule is Cc1cc(C(=O)N(c2ccc(O)cc2)c2ccc3c(ccn3C)c2)cn1-c1cc(Cl)c(F)cc1C(=O)N1Cc2ccccc2C[C@H]1CN1CCN(C)CC1.Cl. The molecule has 2 aromatic heterocycles. The van der Waals surface area contributed by atoms with Gasteiger partial charge in [-0.05, 0) is 98.2 Å². The van der Waals surface area contributed by atoms with Gasteiger partial charge in [-0.2, -0.15) is 0 Å². The first kappa shape index (κ1) is 38.2. The van der Waals surface area contributed by atoms with Gasteiger partial charge in [-0.1, -0.05) is 35.9 Å². The van der Waals surface area contributed by atoms with Crippen molar-refractivity contribution in [3.8, 4) is 11.4 Å². The van der Waals surface area contributed by atoms with Crippen molar-refractivity contribution in [3.63, 3.8) is 0 Å². The number of anilines is 2. The van der Waals surface area contributed by atoms with Gasteiger partial charge in [0, 0.05) is 92.7 Å². The molecule has 2 aliphatic heterocycles. The zero-order valence-electron chi connectivity index (χ0n) is 31.0. The van der Waals surface area contributed by atoms with E-state index >= 15 is 4.39 Å². The van der Waals surface area contributed by atoms with E-state index in [1.165, 1.54) is 17.7 Å². The number of likely N-dealkylation sites (N-methyl/N-ethyl adjacent to an activating group) is 1. The van der Waals surface area contributed by atoms with E-state index in [4.69, 9.17) is 11.6 Å². The van der Waals surface area contributed by atoms with E-state index in [1.54, 1.807) is 46.0 Å². The second-order valence-electron chi connectivity index (χ2n) is 14.5. The molecule has 1 atom stereocenters. The molecular weight excluding hydrogens is 738 g/mol. The van der Waals surface area contributed by atoms with Crippen LogP contribution in [0.1, 0.15) is 37.5 Å². The van der Waals surface area contributed by atoms with Crippen molar-refractivity contribution in [2.45, 2.75) is 25.9 Å². The first-order valence-electron chi connectivity index (χ1n) is 18.2. The standard InChI is InChI=1S/C43H42ClFN6O3.ClH/c1-28-20-32(42(53)51(33-8-11-36(52)12-9-33)34-10-13-40-30(22-34)14-15-47(40)3)26-49(28)41-24-38(44)39(45)23-37(41)43(54)50-25-31-7-5-4-6-29(31)21-35(50)27-48-18-16-46(2)17-19-48;/h4-15,20,22-24,26,35,52H,16-19,21,25,27H2,1-3H3;1H/t35-;/m0./s1. The van der Waals surface area contributed by atoms with E-state index in [9.17, 15) is 14.7 Å². The zero-order valence-corrected chi connectivity index (χ0v) is 32.5. The van der Waals surface area contributed by atoms with Gasteiger partial charge in [0.25, 0.3) is 11.8 Å². The van der Waals surface area contributed by atoms with Crippen molar-refractivity contribution < 1.29 is 19.1 Å². The minimum Gasteiger partial charge on any atom is -0.508 e. The van der Waals surface area contributed by atoms with Crippen molar-refractivity contribution in [2.75, 3.05) is 44.7 Å². The maximum absolute atomic E-state index is 15.4. The third kappa shape index (κ3) is 7.47. The Bertz CT molecular complexity index is 2380. The number of piperazine rings is 1. The summed E-state index contributed by atoms with van der Waals surface area (Å²) in [6, 6.07) is 26.8. The quantitative estimate of drug-likeness (QED) is 0.178. The lowest BCUT2D eigenvalue weighted by atomic mass is 9.92. The Hall–Kier alpha value is -5.13. The molecule has 55 heavy (non-hydrogen) atoms. The van der Waals surface area contributed by atoms with E-state index in [-0.39, 0.29) is 46.6 Å². The number of hydrogen-bond acceptors (Lipinski definition) is 5. The topological polar surface area (TPSA) is 77.2 Å². The summed E-state index contributed by atoms with van der Waals surface area (Å²) in [5, 5.41) is 10.9. The smallest absolute Gasteiger partial charge is 0.264 e. The highest BCUT2D eigenvalue weighted by Crippen LogP contribution is 2.34. The number of halogens is 3. The summed E-state index contributed by atoms with van der Waals surface area (Å²) >= 11 is 6.44. The van der Waals surface area contributed by atoms with Gasteiger partial charge in [-0.25, -0.2) is 4.39 Å². The van der Waals surface area contributed by atoms with Crippen molar-refractivity contribution in [1.82, 2.24) is 23.8 Å². The lowest BCUT2D eigenvalue weighted by Gasteiger charge is -2.41. The molecule has 1 fully saturated rings. The first-order valence-corrected chi connectivity index (χ1v) is 18.6. The van der Waals surface area contributed by atoms with Crippen LogP contribution < -0.4 is 4.90 Å². The van der Waals surface area contributed by atoms with Crippen molar-refractivity contribution >= 4 is 58.1 Å². The van der Waals surface area contributed by atoms with Crippen LogP contribution in [0, 0.1) is 12.7 Å². The number of nitrogens with zero attached hydrogens (tertiary/aromatic N) is 6. The number of carbonyl (C=O) groups is 2. The van der Waals surface area contributed by atoms with Gasteiger partial charge >= 0.3 is 0 Å². The molecule has 284 valence electrons. The molecule has 0 radical (unpaired) electrons. The van der Waals surface area contributed by atoms with Gasteiger partial charge in [0.1, 0.15) is 11.6 Å². The van der Waals surface area contributed by atoms with E-state index in [0.29, 0.717) is 47.8 Å². The third-order valence-corrected chi connectivity index (χ3v) is 11.2. The second-order valence-corrected chi connectivity index (χ2v) is 14.9. The van der Waals surface area contributed by atoms with Crippen LogP contribution in [0.4, 0.5) is 15.8 Å². The van der Waals surface area contributed by atoms with Crippen molar-refractivity contribution in [3.05, 3.63) is 142 Å². The average Bonchev–Trinajstić information content (AvgIpc) is 3.75. The molecule has 1 saturated heterocycles. The Morgan fingerprint density at radius 3 is 2.35 bits per heavy atom. The number of hydrogen-bond donors (Lipinski definition) is 1. The van der Waals surface area contributed by atoms with Crippen LogP contribution in [0.25, 0.3) is 16.6 Å². The molecule has 0 aliphatic carbocycles. The number of rotatable bonds is 7. The molecule has 0 saturated carbocycles. The van der Waals surface area contributed by atoms with E-state index in [1.807, 2.05) is 66.0 Å². The summed E-state index contributed by atoms with van der Waals surface area (Å²) in [6.45, 7) is 6.71. The zero-order chi connectivity index (χ0) is 37.7. The van der Waals surface area contributed by atoms with Crippen LogP contribution in [-0.4, -0.2) is 86.6 Å². The summed E-state index contributed by atoms with van der Waals surface area (Å²) in [5.74, 6) is -1.22. The molecule has 0 spiro atoms. The van der Waals surface area contributed by atoms with Gasteiger partial charge in [-0.3, -0.25) is 19.4 Å². The number of aromatic nitrogens is 2. The van der Waals surface area contributed by atoms with Crippen molar-refractivity contribution in [2.24, 2.45) is 7.05 Å². The highest BCUT2D eigenvalue weighted by atomic mass is 35.5.